The van der Waals surface area contributed by atoms with Crippen LogP contribution in [0.2, 0.25) is 0 Å². The average molecular weight is 408 g/mol. The van der Waals surface area contributed by atoms with E-state index in [2.05, 4.69) is 9.98 Å². The van der Waals surface area contributed by atoms with Gasteiger partial charge in [-0.25, -0.2) is 13.8 Å². The molecule has 1 amide bonds. The van der Waals surface area contributed by atoms with Gasteiger partial charge in [0.1, 0.15) is 17.4 Å². The Kier molecular flexibility index (Phi) is 4.69. The van der Waals surface area contributed by atoms with Crippen molar-refractivity contribution in [2.24, 2.45) is 10.7 Å². The second-order valence-electron chi connectivity index (χ2n) is 6.86. The number of nitrogens with zero attached hydrogens (tertiary/aromatic N) is 3. The Bertz CT molecular complexity index is 1160. The molecule has 8 heteroatoms. The van der Waals surface area contributed by atoms with Crippen molar-refractivity contribution >= 4 is 11.9 Å². The van der Waals surface area contributed by atoms with Gasteiger partial charge in [-0.2, -0.15) is 0 Å². The first-order chi connectivity index (χ1) is 14.4. The highest BCUT2D eigenvalue weighted by molar-refractivity contribution is 6.09. The summed E-state index contributed by atoms with van der Waals surface area (Å²) in [5, 5.41) is 0. The van der Waals surface area contributed by atoms with Gasteiger partial charge in [-0.05, 0) is 41.5 Å². The Morgan fingerprint density at radius 1 is 1.03 bits per heavy atom. The van der Waals surface area contributed by atoms with Crippen LogP contribution in [0.5, 0.6) is 5.75 Å². The van der Waals surface area contributed by atoms with Gasteiger partial charge in [0.15, 0.2) is 11.5 Å². The quantitative estimate of drug-likeness (QED) is 0.720. The fourth-order valence-corrected chi connectivity index (χ4v) is 3.55. The minimum Gasteiger partial charge on any atom is -0.497 e. The first-order valence-corrected chi connectivity index (χ1v) is 9.06. The molecule has 0 unspecified atom stereocenters. The number of amides is 1. The number of benzene rings is 2. The maximum absolute atomic E-state index is 14.6. The Hall–Kier alpha value is -3.81. The number of guanidine groups is 1. The van der Waals surface area contributed by atoms with Crippen molar-refractivity contribution in [2.75, 3.05) is 14.2 Å². The molecule has 1 aliphatic heterocycles. The first-order valence-electron chi connectivity index (χ1n) is 9.06. The van der Waals surface area contributed by atoms with Crippen LogP contribution in [0.15, 0.2) is 65.9 Å². The molecular formula is C22H18F2N4O2. The number of carbonyl (C=O) groups is 1. The van der Waals surface area contributed by atoms with Gasteiger partial charge in [0.05, 0.1) is 13.3 Å². The van der Waals surface area contributed by atoms with Gasteiger partial charge >= 0.3 is 0 Å². The smallest absolute Gasteiger partial charge is 0.266 e. The van der Waals surface area contributed by atoms with E-state index in [1.165, 1.54) is 49.5 Å². The second kappa shape index (κ2) is 7.22. The number of likely N-dealkylation sites (N-methyl/N-ethyl adjacent to an activating group) is 1. The zero-order chi connectivity index (χ0) is 21.5. The van der Waals surface area contributed by atoms with Crippen molar-refractivity contribution in [3.8, 4) is 16.9 Å². The van der Waals surface area contributed by atoms with Crippen LogP contribution in [-0.2, 0) is 10.3 Å². The summed E-state index contributed by atoms with van der Waals surface area (Å²) in [5.41, 5.74) is 5.74. The number of rotatable bonds is 4. The number of methoxy groups -OCH3 is 1. The molecule has 6 nitrogen and oxygen atoms in total. The predicted molar refractivity (Wildman–Crippen MR) is 108 cm³/mol. The summed E-state index contributed by atoms with van der Waals surface area (Å²) in [5.74, 6) is -0.919. The zero-order valence-corrected chi connectivity index (χ0v) is 16.3. The third-order valence-electron chi connectivity index (χ3n) is 5.15. The molecule has 0 saturated carbocycles. The van der Waals surface area contributed by atoms with Crippen molar-refractivity contribution in [3.05, 3.63) is 83.7 Å². The molecule has 1 atom stereocenters. The van der Waals surface area contributed by atoms with Crippen molar-refractivity contribution in [2.45, 2.75) is 5.54 Å². The van der Waals surface area contributed by atoms with Crippen LogP contribution >= 0.6 is 0 Å². The van der Waals surface area contributed by atoms with Crippen LogP contribution in [0.3, 0.4) is 0 Å². The summed E-state index contributed by atoms with van der Waals surface area (Å²) in [6.07, 6.45) is 2.39. The van der Waals surface area contributed by atoms with Crippen LogP contribution in [-0.4, -0.2) is 35.9 Å². The van der Waals surface area contributed by atoms with Gasteiger partial charge in [-0.3, -0.25) is 14.7 Å². The number of halogens is 2. The Morgan fingerprint density at radius 3 is 2.33 bits per heavy atom. The molecule has 0 aliphatic carbocycles. The lowest BCUT2D eigenvalue weighted by Crippen LogP contribution is -2.41. The van der Waals surface area contributed by atoms with E-state index < -0.39 is 17.2 Å². The third-order valence-corrected chi connectivity index (χ3v) is 5.15. The number of hydrogen-bond donors (Lipinski definition) is 1. The topological polar surface area (TPSA) is 80.8 Å². The number of carbonyl (C=O) groups excluding carboxylic acids is 1. The summed E-state index contributed by atoms with van der Waals surface area (Å²) >= 11 is 0. The lowest BCUT2D eigenvalue weighted by atomic mass is 9.81. The molecule has 0 saturated heterocycles. The van der Waals surface area contributed by atoms with E-state index >= 15 is 0 Å². The van der Waals surface area contributed by atoms with Gasteiger partial charge in [0.2, 0.25) is 0 Å². The Balaban J connectivity index is 1.95. The summed E-state index contributed by atoms with van der Waals surface area (Å²) in [6.45, 7) is 0. The van der Waals surface area contributed by atoms with Crippen LogP contribution in [0.25, 0.3) is 11.1 Å². The van der Waals surface area contributed by atoms with Crippen LogP contribution in [0.1, 0.15) is 11.1 Å². The van der Waals surface area contributed by atoms with E-state index in [4.69, 9.17) is 10.5 Å². The van der Waals surface area contributed by atoms with E-state index in [0.717, 1.165) is 6.20 Å². The second-order valence-corrected chi connectivity index (χ2v) is 6.86. The Labute approximate surface area is 171 Å². The molecule has 152 valence electrons. The summed E-state index contributed by atoms with van der Waals surface area (Å²) < 4.78 is 33.5. The highest BCUT2D eigenvalue weighted by Gasteiger charge is 2.49. The molecular weight excluding hydrogens is 390 g/mol. The van der Waals surface area contributed by atoms with Gasteiger partial charge in [0, 0.05) is 24.4 Å². The molecule has 0 bridgehead atoms. The molecule has 2 aromatic carbocycles. The number of hydrogen-bond acceptors (Lipinski definition) is 5. The van der Waals surface area contributed by atoms with Crippen molar-refractivity contribution in [1.82, 2.24) is 9.88 Å². The molecule has 4 rings (SSSR count). The molecule has 0 radical (unpaired) electrons. The largest absolute Gasteiger partial charge is 0.497 e. The molecule has 0 fully saturated rings. The fraction of sp³-hybridized carbons (Fsp3) is 0.136. The fourth-order valence-electron chi connectivity index (χ4n) is 3.55. The molecule has 2 heterocycles. The molecule has 3 aromatic rings. The first kappa shape index (κ1) is 19.5. The number of ether oxygens (including phenoxy) is 1. The summed E-state index contributed by atoms with van der Waals surface area (Å²) in [4.78, 5) is 22.8. The maximum atomic E-state index is 14.6. The monoisotopic (exact) mass is 408 g/mol. The molecule has 1 aromatic heterocycles. The van der Waals surface area contributed by atoms with E-state index in [1.54, 1.807) is 24.3 Å². The number of pyridine rings is 1. The highest BCUT2D eigenvalue weighted by atomic mass is 19.1. The summed E-state index contributed by atoms with van der Waals surface area (Å²) in [6, 6.07) is 12.2. The molecule has 0 spiro atoms. The van der Waals surface area contributed by atoms with Gasteiger partial charge in [-0.1, -0.05) is 18.2 Å². The van der Waals surface area contributed by atoms with E-state index in [9.17, 15) is 13.6 Å². The van der Waals surface area contributed by atoms with Crippen LogP contribution < -0.4 is 10.5 Å². The van der Waals surface area contributed by atoms with Crippen LogP contribution in [0.4, 0.5) is 8.78 Å². The van der Waals surface area contributed by atoms with Crippen LogP contribution in [0, 0.1) is 11.6 Å². The Morgan fingerprint density at radius 2 is 1.73 bits per heavy atom. The normalized spacial score (nSPS) is 18.5. The third kappa shape index (κ3) is 2.97. The van der Waals surface area contributed by atoms with Crippen molar-refractivity contribution < 1.29 is 18.3 Å². The number of aromatic nitrogens is 1. The molecule has 2 N–H and O–H groups in total. The lowest BCUT2D eigenvalue weighted by molar-refractivity contribution is -0.129. The maximum Gasteiger partial charge on any atom is 0.266 e. The predicted octanol–water partition coefficient (Wildman–Crippen LogP) is 3.07. The number of aliphatic imine (C=N–C) groups is 1. The minimum atomic E-state index is -1.51. The molecule has 1 aliphatic rings. The van der Waals surface area contributed by atoms with Crippen molar-refractivity contribution in [1.29, 1.82) is 0 Å². The van der Waals surface area contributed by atoms with Crippen molar-refractivity contribution in [3.63, 3.8) is 0 Å². The molecule has 30 heavy (non-hydrogen) atoms. The minimum absolute atomic E-state index is 0.0362. The number of nitrogens with two attached hydrogens (primary N) is 1. The van der Waals surface area contributed by atoms with Gasteiger partial charge < -0.3 is 10.5 Å². The standard InChI is InChI=1S/C22H18F2N4O2/c1-28-20(29)22(27-21(28)25,14-3-6-17(30-2)7-4-14)15-5-8-19(24)18(10-15)13-9-16(23)12-26-11-13/h3-12H,1-2H3,(H2,25,27)/t22-/m1/s1. The van der Waals surface area contributed by atoms with Gasteiger partial charge in [0.25, 0.3) is 5.91 Å². The summed E-state index contributed by atoms with van der Waals surface area (Å²) in [7, 11) is 3.06. The highest BCUT2D eigenvalue weighted by Crippen LogP contribution is 2.41. The van der Waals surface area contributed by atoms with E-state index in [1.807, 2.05) is 0 Å². The lowest BCUT2D eigenvalue weighted by Gasteiger charge is -2.27. The SMILES string of the molecule is COc1ccc([C@]2(c3ccc(F)c(-c4cncc(F)c4)c3)N=C(N)N(C)C2=O)cc1. The van der Waals surface area contributed by atoms with E-state index in [-0.39, 0.29) is 23.0 Å². The van der Waals surface area contributed by atoms with E-state index in [0.29, 0.717) is 16.9 Å². The zero-order valence-electron chi connectivity index (χ0n) is 16.3. The average Bonchev–Trinajstić information content (AvgIpc) is 2.99. The van der Waals surface area contributed by atoms with Gasteiger partial charge in [-0.15, -0.1) is 0 Å².